The maximum atomic E-state index is 10.8. The minimum Gasteiger partial charge on any atom is -0.469 e. The average Bonchev–Trinajstić information content (AvgIpc) is 2.29. The van der Waals surface area contributed by atoms with Crippen molar-refractivity contribution in [3.63, 3.8) is 0 Å². The highest BCUT2D eigenvalue weighted by atomic mass is 16.5. The maximum Gasteiger partial charge on any atom is 0.305 e. The lowest BCUT2D eigenvalue weighted by Gasteiger charge is -2.02. The first kappa shape index (κ1) is 11.7. The largest absolute Gasteiger partial charge is 0.469 e. The van der Waals surface area contributed by atoms with Crippen LogP contribution in [-0.4, -0.2) is 19.6 Å². The van der Waals surface area contributed by atoms with Crippen LogP contribution in [0.25, 0.3) is 0 Å². The second kappa shape index (κ2) is 7.01. The Kier molecular flexibility index (Phi) is 5.48. The van der Waals surface area contributed by atoms with Gasteiger partial charge in [-0.25, -0.2) is 5.32 Å². The van der Waals surface area contributed by atoms with Crippen LogP contribution in [0.1, 0.15) is 18.4 Å². The van der Waals surface area contributed by atoms with Gasteiger partial charge in [0.25, 0.3) is 0 Å². The zero-order valence-electron chi connectivity index (χ0n) is 8.98. The van der Waals surface area contributed by atoms with Crippen LogP contribution in [0.3, 0.4) is 0 Å². The highest BCUT2D eigenvalue weighted by Crippen LogP contribution is 1.98. The Labute approximate surface area is 90.4 Å². The molecule has 0 spiro atoms. The lowest BCUT2D eigenvalue weighted by Crippen LogP contribution is -2.09. The molecule has 0 heterocycles. The molecular formula is C12H16NO2. The summed E-state index contributed by atoms with van der Waals surface area (Å²) in [6.07, 6.45) is 1.22. The molecule has 0 aliphatic heterocycles. The van der Waals surface area contributed by atoms with Gasteiger partial charge in [0.1, 0.15) is 0 Å². The third kappa shape index (κ3) is 5.18. The van der Waals surface area contributed by atoms with E-state index in [1.165, 1.54) is 12.7 Å². The Morgan fingerprint density at radius 3 is 2.73 bits per heavy atom. The number of hydrogen-bond acceptors (Lipinski definition) is 2. The smallest absolute Gasteiger partial charge is 0.305 e. The fourth-order valence-electron chi connectivity index (χ4n) is 1.23. The van der Waals surface area contributed by atoms with E-state index in [1.807, 2.05) is 30.3 Å². The standard InChI is InChI=1S/C12H16NO2/c1-15-12(14)8-5-9-13-10-11-6-3-2-4-7-11/h2-4,6-7H,5,8-10H2,1H3. The lowest BCUT2D eigenvalue weighted by atomic mass is 10.2. The summed E-state index contributed by atoms with van der Waals surface area (Å²) >= 11 is 0. The molecule has 0 fully saturated rings. The van der Waals surface area contributed by atoms with Gasteiger partial charge in [-0.1, -0.05) is 30.3 Å². The summed E-state index contributed by atoms with van der Waals surface area (Å²) < 4.78 is 4.53. The molecule has 0 aromatic heterocycles. The van der Waals surface area contributed by atoms with E-state index < -0.39 is 0 Å². The Hall–Kier alpha value is -1.35. The number of esters is 1. The predicted octanol–water partition coefficient (Wildman–Crippen LogP) is 1.74. The van der Waals surface area contributed by atoms with Crippen molar-refractivity contribution in [3.8, 4) is 0 Å². The molecule has 0 aliphatic carbocycles. The van der Waals surface area contributed by atoms with Crippen LogP contribution >= 0.6 is 0 Å². The van der Waals surface area contributed by atoms with Crippen molar-refractivity contribution in [3.05, 3.63) is 35.9 Å². The quantitative estimate of drug-likeness (QED) is 0.525. The van der Waals surface area contributed by atoms with Gasteiger partial charge in [-0.05, 0) is 12.0 Å². The molecule has 1 aromatic rings. The fraction of sp³-hybridized carbons (Fsp3) is 0.417. The SMILES string of the molecule is COC(=O)CCC[N]Cc1ccccc1. The van der Waals surface area contributed by atoms with Gasteiger partial charge in [-0.3, -0.25) is 4.79 Å². The maximum absolute atomic E-state index is 10.8. The monoisotopic (exact) mass is 206 g/mol. The third-order valence-corrected chi connectivity index (χ3v) is 2.06. The highest BCUT2D eigenvalue weighted by Gasteiger charge is 1.99. The minimum absolute atomic E-state index is 0.162. The third-order valence-electron chi connectivity index (χ3n) is 2.06. The Morgan fingerprint density at radius 2 is 2.07 bits per heavy atom. The summed E-state index contributed by atoms with van der Waals surface area (Å²) in [5.74, 6) is -0.162. The average molecular weight is 206 g/mol. The summed E-state index contributed by atoms with van der Waals surface area (Å²) in [5, 5.41) is 4.34. The molecule has 1 aromatic carbocycles. The molecule has 0 amide bonds. The zero-order valence-corrected chi connectivity index (χ0v) is 8.98. The molecule has 0 atom stereocenters. The van der Waals surface area contributed by atoms with Gasteiger partial charge in [0, 0.05) is 19.5 Å². The molecule has 81 valence electrons. The second-order valence-corrected chi connectivity index (χ2v) is 3.27. The molecule has 0 aliphatic rings. The van der Waals surface area contributed by atoms with Crippen molar-refractivity contribution in [1.29, 1.82) is 0 Å². The Bertz CT molecular complexity index is 285. The van der Waals surface area contributed by atoms with Gasteiger partial charge in [0.2, 0.25) is 0 Å². The van der Waals surface area contributed by atoms with Crippen molar-refractivity contribution < 1.29 is 9.53 Å². The molecule has 15 heavy (non-hydrogen) atoms. The lowest BCUT2D eigenvalue weighted by molar-refractivity contribution is -0.140. The topological polar surface area (TPSA) is 40.4 Å². The van der Waals surface area contributed by atoms with Crippen LogP contribution < -0.4 is 5.32 Å². The van der Waals surface area contributed by atoms with E-state index in [-0.39, 0.29) is 5.97 Å². The number of carbonyl (C=O) groups is 1. The summed E-state index contributed by atoms with van der Waals surface area (Å²) in [5.41, 5.74) is 1.20. The summed E-state index contributed by atoms with van der Waals surface area (Å²) in [7, 11) is 1.41. The van der Waals surface area contributed by atoms with Crippen molar-refractivity contribution >= 4 is 5.97 Å². The summed E-state index contributed by atoms with van der Waals surface area (Å²) in [6.45, 7) is 1.44. The van der Waals surface area contributed by atoms with Crippen LogP contribution in [0, 0.1) is 0 Å². The number of benzene rings is 1. The molecule has 3 nitrogen and oxygen atoms in total. The van der Waals surface area contributed by atoms with Crippen molar-refractivity contribution in [1.82, 2.24) is 5.32 Å². The first-order chi connectivity index (χ1) is 7.33. The Morgan fingerprint density at radius 1 is 1.33 bits per heavy atom. The van der Waals surface area contributed by atoms with E-state index in [4.69, 9.17) is 0 Å². The van der Waals surface area contributed by atoms with Crippen LogP contribution in [0.2, 0.25) is 0 Å². The molecule has 1 radical (unpaired) electrons. The first-order valence-electron chi connectivity index (χ1n) is 5.07. The minimum atomic E-state index is -0.162. The number of hydrogen-bond donors (Lipinski definition) is 0. The van der Waals surface area contributed by atoms with Gasteiger partial charge < -0.3 is 4.74 Å². The van der Waals surface area contributed by atoms with Crippen molar-refractivity contribution in [2.45, 2.75) is 19.4 Å². The van der Waals surface area contributed by atoms with Crippen molar-refractivity contribution in [2.24, 2.45) is 0 Å². The number of methoxy groups -OCH3 is 1. The van der Waals surface area contributed by atoms with E-state index in [1.54, 1.807) is 0 Å². The number of carbonyl (C=O) groups excluding carboxylic acids is 1. The fourth-order valence-corrected chi connectivity index (χ4v) is 1.23. The zero-order chi connectivity index (χ0) is 10.9. The first-order valence-corrected chi connectivity index (χ1v) is 5.07. The second-order valence-electron chi connectivity index (χ2n) is 3.27. The molecule has 3 heteroatoms. The van der Waals surface area contributed by atoms with Crippen LogP contribution in [0.4, 0.5) is 0 Å². The van der Waals surface area contributed by atoms with Gasteiger partial charge in [0.05, 0.1) is 7.11 Å². The van der Waals surface area contributed by atoms with Crippen molar-refractivity contribution in [2.75, 3.05) is 13.7 Å². The summed E-state index contributed by atoms with van der Waals surface area (Å²) in [6, 6.07) is 10.1. The highest BCUT2D eigenvalue weighted by molar-refractivity contribution is 5.69. The predicted molar refractivity (Wildman–Crippen MR) is 58.4 cm³/mol. The van der Waals surface area contributed by atoms with E-state index in [0.717, 1.165) is 13.0 Å². The van der Waals surface area contributed by atoms with Gasteiger partial charge in [-0.15, -0.1) is 0 Å². The molecule has 1 rings (SSSR count). The molecule has 0 bridgehead atoms. The summed E-state index contributed by atoms with van der Waals surface area (Å²) in [4.78, 5) is 10.8. The van der Waals surface area contributed by atoms with Crippen LogP contribution in [-0.2, 0) is 16.1 Å². The molecular weight excluding hydrogens is 190 g/mol. The molecule has 0 unspecified atom stereocenters. The van der Waals surface area contributed by atoms with Crippen LogP contribution in [0.5, 0.6) is 0 Å². The number of ether oxygens (including phenoxy) is 1. The van der Waals surface area contributed by atoms with E-state index in [0.29, 0.717) is 13.0 Å². The Balaban J connectivity index is 2.05. The van der Waals surface area contributed by atoms with Gasteiger partial charge in [-0.2, -0.15) is 0 Å². The molecule has 0 N–H and O–H groups in total. The molecule has 0 saturated carbocycles. The van der Waals surface area contributed by atoms with E-state index in [9.17, 15) is 4.79 Å². The van der Waals surface area contributed by atoms with Crippen LogP contribution in [0.15, 0.2) is 30.3 Å². The van der Waals surface area contributed by atoms with Gasteiger partial charge in [0.15, 0.2) is 0 Å². The number of nitrogens with zero attached hydrogens (tertiary/aromatic N) is 1. The molecule has 0 saturated heterocycles. The number of rotatable bonds is 6. The normalized spacial score (nSPS) is 9.93. The van der Waals surface area contributed by atoms with Gasteiger partial charge >= 0.3 is 5.97 Å². The van der Waals surface area contributed by atoms with E-state index in [2.05, 4.69) is 10.1 Å². The van der Waals surface area contributed by atoms with E-state index >= 15 is 0 Å².